The van der Waals surface area contributed by atoms with Crippen LogP contribution in [0.5, 0.6) is 0 Å². The smallest absolute Gasteiger partial charge is 0.456 e. The molecule has 1 aliphatic rings. The van der Waals surface area contributed by atoms with Crippen LogP contribution >= 0.6 is 0 Å². The number of nitrogens with zero attached hydrogens (tertiary/aromatic N) is 1. The first kappa shape index (κ1) is 49.7. The fraction of sp³-hybridized carbons (Fsp3) is 0.667. The van der Waals surface area contributed by atoms with E-state index in [-0.39, 0.29) is 17.5 Å². The number of H-pyrrole nitrogens is 1. The van der Waals surface area contributed by atoms with E-state index >= 15 is 8.78 Å². The number of aryl methyl sites for hydroxylation is 1. The van der Waals surface area contributed by atoms with Gasteiger partial charge < -0.3 is 13.9 Å². The van der Waals surface area contributed by atoms with E-state index in [2.05, 4.69) is 0 Å². The Balaban J connectivity index is 1.98. The summed E-state index contributed by atoms with van der Waals surface area (Å²) in [7, 11) is -4.26. The third-order valence-corrected chi connectivity index (χ3v) is 15.6. The standard InChI is InChI=1S/C33H35F17N2O6Si/c1-16(2)59(17(3)4,12-11-26(34,35)27(36,37)28(38,39)29(40,41)30(42,43)31(44,45)32(46,47)33(48,49)50)56-15-21-20(58-24(54)19-9-7-6-8-10-19)13-22(57-21)52-14-18(5)23(53)51-25(52)55/h6-10,14,16-17,20-22H,11-13,15H2,1-5H3,(H,51,53,55)/t20-,21+,22+/m0/s1. The quantitative estimate of drug-likeness (QED) is 0.0966. The second-order valence-electron chi connectivity index (χ2n) is 14.4. The molecule has 2 aromatic rings. The SMILES string of the molecule is Cc1cn([C@H]2C[C@H](OC(=O)c3ccccc3)[C@@H](CO[Si](CCC(F)(F)C(F)(F)C(F)(F)C(F)(F)C(F)(F)C(F)(F)C(F)(F)C(F)(F)F)(C(C)C)C(C)C)O2)c(=O)[nH]c1=O. The summed E-state index contributed by atoms with van der Waals surface area (Å²) in [6.45, 7) is 5.51. The summed E-state index contributed by atoms with van der Waals surface area (Å²) in [6, 6.07) is 5.70. The molecule has 3 atom stereocenters. The minimum Gasteiger partial charge on any atom is -0.456 e. The lowest BCUT2D eigenvalue weighted by Gasteiger charge is -2.44. The van der Waals surface area contributed by atoms with E-state index in [1.54, 1.807) is 6.07 Å². The van der Waals surface area contributed by atoms with Gasteiger partial charge in [-0.1, -0.05) is 45.9 Å². The molecule has 3 rings (SSSR count). The third kappa shape index (κ3) is 8.49. The molecule has 0 amide bonds. The van der Waals surface area contributed by atoms with Crippen molar-refractivity contribution in [1.82, 2.24) is 9.55 Å². The van der Waals surface area contributed by atoms with E-state index in [1.165, 1.54) is 58.9 Å². The molecule has 59 heavy (non-hydrogen) atoms. The second-order valence-corrected chi connectivity index (χ2v) is 19.4. The average Bonchev–Trinajstić information content (AvgIpc) is 3.50. The van der Waals surface area contributed by atoms with Gasteiger partial charge in [-0.25, -0.2) is 9.59 Å². The van der Waals surface area contributed by atoms with Crippen molar-refractivity contribution < 1.29 is 93.3 Å². The topological polar surface area (TPSA) is 99.6 Å². The van der Waals surface area contributed by atoms with Crippen LogP contribution in [-0.4, -0.2) is 90.3 Å². The normalized spacial score (nSPS) is 19.5. The predicted molar refractivity (Wildman–Crippen MR) is 172 cm³/mol. The maximum atomic E-state index is 15.1. The summed E-state index contributed by atoms with van der Waals surface area (Å²) >= 11 is 0. The number of hydrogen-bond acceptors (Lipinski definition) is 6. The van der Waals surface area contributed by atoms with Gasteiger partial charge in [0.05, 0.1) is 12.2 Å². The number of aromatic amines is 1. The number of ether oxygens (including phenoxy) is 2. The van der Waals surface area contributed by atoms with Gasteiger partial charge in [0.25, 0.3) is 5.56 Å². The van der Waals surface area contributed by atoms with E-state index in [0.29, 0.717) is 0 Å². The molecule has 26 heteroatoms. The van der Waals surface area contributed by atoms with Gasteiger partial charge in [0.1, 0.15) is 18.4 Å². The molecule has 336 valence electrons. The van der Waals surface area contributed by atoms with Gasteiger partial charge in [-0.05, 0) is 36.2 Å². The van der Waals surface area contributed by atoms with Crippen LogP contribution in [0.15, 0.2) is 46.1 Å². The minimum atomic E-state index is -8.74. The van der Waals surface area contributed by atoms with Gasteiger partial charge in [-0.2, -0.15) is 74.6 Å². The third-order valence-electron chi connectivity index (χ3n) is 9.99. The maximum absolute atomic E-state index is 15.1. The molecule has 2 heterocycles. The molecular formula is C33H35F17N2O6Si. The molecule has 1 aliphatic heterocycles. The number of alkyl halides is 17. The Morgan fingerprint density at radius 1 is 0.780 bits per heavy atom. The van der Waals surface area contributed by atoms with Crippen LogP contribution in [-0.2, 0) is 13.9 Å². The number of carbonyl (C=O) groups is 1. The lowest BCUT2D eigenvalue weighted by Crippen LogP contribution is -2.74. The summed E-state index contributed by atoms with van der Waals surface area (Å²) < 4.78 is 255. The van der Waals surface area contributed by atoms with Gasteiger partial charge in [-0.3, -0.25) is 14.3 Å². The second kappa shape index (κ2) is 16.3. The van der Waals surface area contributed by atoms with Crippen molar-refractivity contribution in [3.63, 3.8) is 0 Å². The minimum absolute atomic E-state index is 0.00170. The highest BCUT2D eigenvalue weighted by atomic mass is 28.4. The monoisotopic (exact) mass is 906 g/mol. The Kier molecular flexibility index (Phi) is 13.7. The Morgan fingerprint density at radius 2 is 1.25 bits per heavy atom. The molecule has 1 N–H and O–H groups in total. The van der Waals surface area contributed by atoms with Gasteiger partial charge in [0.15, 0.2) is 8.32 Å². The van der Waals surface area contributed by atoms with Gasteiger partial charge in [0, 0.05) is 24.6 Å². The highest BCUT2D eigenvalue weighted by molar-refractivity contribution is 6.76. The van der Waals surface area contributed by atoms with E-state index in [9.17, 15) is 80.2 Å². The first-order valence-corrected chi connectivity index (χ1v) is 19.3. The van der Waals surface area contributed by atoms with E-state index in [1.807, 2.05) is 4.98 Å². The number of hydrogen-bond donors (Lipinski definition) is 1. The Bertz CT molecular complexity index is 1910. The molecule has 1 saturated heterocycles. The zero-order valence-corrected chi connectivity index (χ0v) is 32.0. The molecule has 0 aliphatic carbocycles. The van der Waals surface area contributed by atoms with Crippen LogP contribution in [0, 0.1) is 6.92 Å². The predicted octanol–water partition coefficient (Wildman–Crippen LogP) is 9.54. The van der Waals surface area contributed by atoms with Crippen molar-refractivity contribution in [2.24, 2.45) is 0 Å². The van der Waals surface area contributed by atoms with E-state index in [0.717, 1.165) is 10.8 Å². The molecule has 0 spiro atoms. The van der Waals surface area contributed by atoms with Crippen LogP contribution < -0.4 is 11.2 Å². The van der Waals surface area contributed by atoms with Gasteiger partial charge in [-0.15, -0.1) is 0 Å². The molecule has 8 nitrogen and oxygen atoms in total. The Hall–Kier alpha value is -3.68. The van der Waals surface area contributed by atoms with Crippen LogP contribution in [0.2, 0.25) is 17.1 Å². The van der Waals surface area contributed by atoms with Gasteiger partial charge in [0.2, 0.25) is 0 Å². The Labute approximate surface area is 323 Å². The summed E-state index contributed by atoms with van der Waals surface area (Å²) in [5.74, 6) is -58.1. The lowest BCUT2D eigenvalue weighted by molar-refractivity contribution is -0.461. The largest absolute Gasteiger partial charge is 0.460 e. The lowest BCUT2D eigenvalue weighted by atomic mass is 9.88. The highest BCUT2D eigenvalue weighted by Gasteiger charge is 2.95. The number of nitrogens with one attached hydrogen (secondary N) is 1. The van der Waals surface area contributed by atoms with Crippen LogP contribution in [0.3, 0.4) is 0 Å². The van der Waals surface area contributed by atoms with Crippen molar-refractivity contribution in [2.45, 2.75) is 131 Å². The number of benzene rings is 1. The van der Waals surface area contributed by atoms with Crippen LogP contribution in [0.1, 0.15) is 62.7 Å². The van der Waals surface area contributed by atoms with Crippen LogP contribution in [0.25, 0.3) is 0 Å². The van der Waals surface area contributed by atoms with E-state index < -0.39 is 122 Å². The molecule has 1 fully saturated rings. The number of aromatic nitrogens is 2. The number of carbonyl (C=O) groups excluding carboxylic acids is 1. The highest BCUT2D eigenvalue weighted by Crippen LogP contribution is 2.64. The first-order chi connectivity index (χ1) is 26.5. The zero-order valence-electron chi connectivity index (χ0n) is 31.0. The van der Waals surface area contributed by atoms with Crippen molar-refractivity contribution in [1.29, 1.82) is 0 Å². The average molecular weight is 907 g/mol. The van der Waals surface area contributed by atoms with Crippen molar-refractivity contribution >= 4 is 14.3 Å². The molecule has 1 aromatic heterocycles. The summed E-state index contributed by atoms with van der Waals surface area (Å²) in [5, 5.41) is 0. The van der Waals surface area contributed by atoms with Crippen molar-refractivity contribution in [2.75, 3.05) is 6.61 Å². The summed E-state index contributed by atoms with van der Waals surface area (Å²) in [5.41, 5.74) is -3.81. The van der Waals surface area contributed by atoms with E-state index in [4.69, 9.17) is 13.9 Å². The first-order valence-electron chi connectivity index (χ1n) is 17.1. The zero-order chi connectivity index (χ0) is 45.8. The number of rotatable bonds is 17. The molecule has 0 radical (unpaired) electrons. The molecular weight excluding hydrogens is 871 g/mol. The molecule has 0 unspecified atom stereocenters. The molecule has 0 saturated carbocycles. The fourth-order valence-electron chi connectivity index (χ4n) is 6.32. The van der Waals surface area contributed by atoms with Crippen molar-refractivity contribution in [3.05, 3.63) is 68.5 Å². The van der Waals surface area contributed by atoms with Gasteiger partial charge >= 0.3 is 59.3 Å². The van der Waals surface area contributed by atoms with Crippen LogP contribution in [0.4, 0.5) is 74.6 Å². The fourth-order valence-corrected chi connectivity index (χ4v) is 10.8. The summed E-state index contributed by atoms with van der Waals surface area (Å²) in [4.78, 5) is 39.5. The number of halogens is 17. The maximum Gasteiger partial charge on any atom is 0.460 e. The molecule has 0 bridgehead atoms. The van der Waals surface area contributed by atoms with Crippen molar-refractivity contribution in [3.8, 4) is 0 Å². The molecule has 1 aromatic carbocycles. The Morgan fingerprint density at radius 3 is 1.73 bits per heavy atom. The number of esters is 1. The summed E-state index contributed by atoms with van der Waals surface area (Å²) in [6.07, 6.45) is -13.9.